The van der Waals surface area contributed by atoms with Gasteiger partial charge in [0.25, 0.3) is 0 Å². The molecule has 5 nitrogen and oxygen atoms in total. The molecule has 0 spiro atoms. The van der Waals surface area contributed by atoms with E-state index in [4.69, 9.17) is 23.2 Å². The number of halogens is 3. The summed E-state index contributed by atoms with van der Waals surface area (Å²) in [5, 5.41) is 3.08. The summed E-state index contributed by atoms with van der Waals surface area (Å²) >= 11 is 15.3. The number of hydrogen-bond acceptors (Lipinski definition) is 3. The summed E-state index contributed by atoms with van der Waals surface area (Å²) in [5.41, 5.74) is 0.604. The molecule has 2 rings (SSSR count). The van der Waals surface area contributed by atoms with Gasteiger partial charge in [-0.15, -0.1) is 0 Å². The third-order valence-corrected chi connectivity index (χ3v) is 5.46. The number of para-hydroxylation sites is 2. The normalized spacial score (nSPS) is 11.2. The second kappa shape index (κ2) is 7.74. The maximum Gasteiger partial charge on any atom is 0.245 e. The Labute approximate surface area is 158 Å². The lowest BCUT2D eigenvalue weighted by atomic mass is 10.3. The van der Waals surface area contributed by atoms with Gasteiger partial charge in [0.1, 0.15) is 6.54 Å². The Kier molecular flexibility index (Phi) is 6.14. The van der Waals surface area contributed by atoms with E-state index in [9.17, 15) is 13.2 Å². The van der Waals surface area contributed by atoms with Crippen molar-refractivity contribution in [2.75, 3.05) is 22.4 Å². The Balaban J connectivity index is 2.28. The van der Waals surface area contributed by atoms with Crippen molar-refractivity contribution >= 4 is 66.4 Å². The molecule has 2 aromatic carbocycles. The molecule has 0 atom stereocenters. The van der Waals surface area contributed by atoms with Crippen LogP contribution in [0.4, 0.5) is 11.4 Å². The molecule has 0 aliphatic heterocycles. The fourth-order valence-electron chi connectivity index (χ4n) is 1.96. The zero-order valence-corrected chi connectivity index (χ0v) is 16.4. The zero-order valence-electron chi connectivity index (χ0n) is 12.5. The van der Waals surface area contributed by atoms with Gasteiger partial charge in [0.2, 0.25) is 15.9 Å². The Hall–Kier alpha value is -1.28. The molecule has 0 radical (unpaired) electrons. The first-order chi connectivity index (χ1) is 11.2. The molecule has 1 amide bonds. The van der Waals surface area contributed by atoms with Gasteiger partial charge in [-0.25, -0.2) is 8.42 Å². The van der Waals surface area contributed by atoms with Gasteiger partial charge in [0.05, 0.1) is 27.7 Å². The van der Waals surface area contributed by atoms with Crippen molar-refractivity contribution in [1.82, 2.24) is 0 Å². The van der Waals surface area contributed by atoms with Crippen molar-refractivity contribution in [3.63, 3.8) is 0 Å². The van der Waals surface area contributed by atoms with Gasteiger partial charge in [0, 0.05) is 4.47 Å². The predicted molar refractivity (Wildman–Crippen MR) is 101 cm³/mol. The van der Waals surface area contributed by atoms with Gasteiger partial charge in [-0.3, -0.25) is 9.10 Å². The summed E-state index contributed by atoms with van der Waals surface area (Å²) < 4.78 is 25.7. The topological polar surface area (TPSA) is 66.5 Å². The van der Waals surface area contributed by atoms with E-state index in [1.54, 1.807) is 42.5 Å². The minimum Gasteiger partial charge on any atom is -0.322 e. The van der Waals surface area contributed by atoms with Crippen molar-refractivity contribution in [2.45, 2.75) is 0 Å². The Bertz CT molecular complexity index is 855. The minimum absolute atomic E-state index is 0.242. The van der Waals surface area contributed by atoms with Gasteiger partial charge in [-0.2, -0.15) is 0 Å². The molecular formula is C15H13BrCl2N2O3S. The lowest BCUT2D eigenvalue weighted by Crippen LogP contribution is -2.37. The Morgan fingerprint density at radius 1 is 1.12 bits per heavy atom. The van der Waals surface area contributed by atoms with Crippen LogP contribution in [0.15, 0.2) is 46.9 Å². The number of nitrogens with zero attached hydrogens (tertiary/aromatic N) is 1. The molecule has 0 saturated carbocycles. The quantitative estimate of drug-likeness (QED) is 0.741. The van der Waals surface area contributed by atoms with E-state index in [0.29, 0.717) is 10.2 Å². The van der Waals surface area contributed by atoms with Crippen LogP contribution in [0.25, 0.3) is 0 Å². The first-order valence-electron chi connectivity index (χ1n) is 6.66. The number of benzene rings is 2. The molecule has 24 heavy (non-hydrogen) atoms. The van der Waals surface area contributed by atoms with Gasteiger partial charge in [-0.1, -0.05) is 41.4 Å². The lowest BCUT2D eigenvalue weighted by molar-refractivity contribution is -0.114. The highest BCUT2D eigenvalue weighted by molar-refractivity contribution is 9.10. The highest BCUT2D eigenvalue weighted by atomic mass is 79.9. The lowest BCUT2D eigenvalue weighted by Gasteiger charge is -2.23. The van der Waals surface area contributed by atoms with Crippen LogP contribution in [-0.4, -0.2) is 27.1 Å². The third-order valence-electron chi connectivity index (χ3n) is 3.04. The van der Waals surface area contributed by atoms with Crippen molar-refractivity contribution in [2.24, 2.45) is 0 Å². The fourth-order valence-corrected chi connectivity index (χ4v) is 3.94. The molecule has 2 aromatic rings. The molecule has 9 heteroatoms. The average molecular weight is 452 g/mol. The zero-order chi connectivity index (χ0) is 17.9. The number of hydrogen-bond donors (Lipinski definition) is 1. The Morgan fingerprint density at radius 3 is 2.25 bits per heavy atom. The highest BCUT2D eigenvalue weighted by Gasteiger charge is 2.23. The van der Waals surface area contributed by atoms with Crippen LogP contribution >= 0.6 is 39.1 Å². The van der Waals surface area contributed by atoms with E-state index >= 15 is 0 Å². The second-order valence-corrected chi connectivity index (χ2v) is 8.44. The Morgan fingerprint density at radius 2 is 1.71 bits per heavy atom. The monoisotopic (exact) mass is 450 g/mol. The van der Waals surface area contributed by atoms with Crippen LogP contribution in [0, 0.1) is 0 Å². The van der Waals surface area contributed by atoms with Crippen LogP contribution in [0.1, 0.15) is 0 Å². The van der Waals surface area contributed by atoms with Crippen LogP contribution in [0.5, 0.6) is 0 Å². The van der Waals surface area contributed by atoms with Crippen LogP contribution in [-0.2, 0) is 14.8 Å². The van der Waals surface area contributed by atoms with Gasteiger partial charge >= 0.3 is 0 Å². The number of carbonyl (C=O) groups excluding carboxylic acids is 1. The van der Waals surface area contributed by atoms with Crippen LogP contribution in [0.3, 0.4) is 0 Å². The maximum absolute atomic E-state index is 12.3. The van der Waals surface area contributed by atoms with Crippen molar-refractivity contribution in [1.29, 1.82) is 0 Å². The van der Waals surface area contributed by atoms with Crippen molar-refractivity contribution < 1.29 is 13.2 Å². The number of sulfonamides is 1. The molecule has 0 aliphatic rings. The first kappa shape index (κ1) is 19.1. The molecule has 0 saturated heterocycles. The number of carbonyl (C=O) groups is 1. The third kappa shape index (κ3) is 4.63. The highest BCUT2D eigenvalue weighted by Crippen LogP contribution is 2.31. The molecule has 128 valence electrons. The van der Waals surface area contributed by atoms with Gasteiger partial charge in [0.15, 0.2) is 0 Å². The second-order valence-electron chi connectivity index (χ2n) is 4.87. The number of anilines is 2. The molecular weight excluding hydrogens is 439 g/mol. The molecule has 0 bridgehead atoms. The number of nitrogens with one attached hydrogen (secondary N) is 1. The maximum atomic E-state index is 12.3. The van der Waals surface area contributed by atoms with Crippen molar-refractivity contribution in [3.8, 4) is 0 Å². The van der Waals surface area contributed by atoms with E-state index in [0.717, 1.165) is 10.6 Å². The van der Waals surface area contributed by atoms with Gasteiger partial charge < -0.3 is 5.32 Å². The SMILES string of the molecule is CS(=O)(=O)N(CC(=O)Nc1c(Cl)cccc1Cl)c1ccccc1Br. The van der Waals surface area contributed by atoms with E-state index in [1.807, 2.05) is 0 Å². The minimum atomic E-state index is -3.67. The summed E-state index contributed by atoms with van der Waals surface area (Å²) in [4.78, 5) is 12.3. The van der Waals surface area contributed by atoms with Crippen LogP contribution < -0.4 is 9.62 Å². The standard InChI is InChI=1S/C15H13BrCl2N2O3S/c1-24(22,23)20(13-8-3-2-5-10(13)16)9-14(21)19-15-11(17)6-4-7-12(15)18/h2-8H,9H2,1H3,(H,19,21). The summed E-state index contributed by atoms with van der Waals surface area (Å²) in [5.74, 6) is -0.564. The van der Waals surface area contributed by atoms with E-state index in [2.05, 4.69) is 21.2 Å². The molecule has 0 aliphatic carbocycles. The smallest absolute Gasteiger partial charge is 0.245 e. The summed E-state index contributed by atoms with van der Waals surface area (Å²) in [6, 6.07) is 11.5. The number of amides is 1. The number of rotatable bonds is 5. The largest absolute Gasteiger partial charge is 0.322 e. The van der Waals surface area contributed by atoms with Gasteiger partial charge in [-0.05, 0) is 40.2 Å². The van der Waals surface area contributed by atoms with E-state index in [-0.39, 0.29) is 15.7 Å². The summed E-state index contributed by atoms with van der Waals surface area (Å²) in [6.07, 6.45) is 1.03. The predicted octanol–water partition coefficient (Wildman–Crippen LogP) is 4.16. The van der Waals surface area contributed by atoms with E-state index in [1.165, 1.54) is 0 Å². The molecule has 1 N–H and O–H groups in total. The summed E-state index contributed by atoms with van der Waals surface area (Å²) in [7, 11) is -3.67. The summed E-state index contributed by atoms with van der Waals surface area (Å²) in [6.45, 7) is -0.414. The molecule has 0 aromatic heterocycles. The van der Waals surface area contributed by atoms with Crippen molar-refractivity contribution in [3.05, 3.63) is 57.0 Å². The fraction of sp³-hybridized carbons (Fsp3) is 0.133. The molecule has 0 fully saturated rings. The molecule has 0 unspecified atom stereocenters. The average Bonchev–Trinajstić information content (AvgIpc) is 2.48. The molecule has 0 heterocycles. The van der Waals surface area contributed by atoms with Crippen LogP contribution in [0.2, 0.25) is 10.0 Å². The van der Waals surface area contributed by atoms with E-state index < -0.39 is 22.5 Å². The first-order valence-corrected chi connectivity index (χ1v) is 10.1.